The van der Waals surface area contributed by atoms with Gasteiger partial charge in [0.1, 0.15) is 12.4 Å². The minimum absolute atomic E-state index is 0.186. The van der Waals surface area contributed by atoms with Crippen LogP contribution in [0.25, 0.3) is 22.4 Å². The molecule has 2 heteroatoms. The summed E-state index contributed by atoms with van der Waals surface area (Å²) in [6, 6.07) is 22.1. The van der Waals surface area contributed by atoms with E-state index >= 15 is 0 Å². The number of aryl methyl sites for hydroxylation is 1. The van der Waals surface area contributed by atoms with Crippen LogP contribution in [0.3, 0.4) is 0 Å². The topological polar surface area (TPSA) is 33.0 Å². The number of benzene rings is 3. The maximum Gasteiger partial charge on any atom is 0.148 e. The molecular weight excluding hydrogens is 306 g/mol. The van der Waals surface area contributed by atoms with E-state index in [1.165, 1.54) is 0 Å². The van der Waals surface area contributed by atoms with Gasteiger partial charge in [0, 0.05) is 5.56 Å². The number of terminal acetylenes is 1. The van der Waals surface area contributed by atoms with Crippen LogP contribution in [0.5, 0.6) is 5.75 Å². The first-order valence-corrected chi connectivity index (χ1v) is 8.00. The molecule has 25 heavy (non-hydrogen) atoms. The Labute approximate surface area is 148 Å². The fraction of sp³-hybridized carbons (Fsp3) is 0.0870. The molecule has 0 heterocycles. The van der Waals surface area contributed by atoms with E-state index in [9.17, 15) is 5.26 Å². The predicted molar refractivity (Wildman–Crippen MR) is 103 cm³/mol. The molecule has 3 rings (SSSR count). The molecule has 0 radical (unpaired) electrons. The van der Waals surface area contributed by atoms with Crippen molar-refractivity contribution < 1.29 is 4.74 Å². The summed E-state index contributed by atoms with van der Waals surface area (Å²) in [5.41, 5.74) is 3.49. The Balaban J connectivity index is 2.19. The van der Waals surface area contributed by atoms with Crippen LogP contribution in [0.15, 0.2) is 60.7 Å². The van der Waals surface area contributed by atoms with E-state index < -0.39 is 0 Å². The number of nitrogens with zero attached hydrogens (tertiary/aromatic N) is 1. The van der Waals surface area contributed by atoms with Gasteiger partial charge in [0.25, 0.3) is 0 Å². The lowest BCUT2D eigenvalue weighted by Gasteiger charge is -2.11. The predicted octanol–water partition coefficient (Wildman–Crippen LogP) is 5.22. The second-order valence-electron chi connectivity index (χ2n) is 5.73. The molecule has 0 aliphatic heterocycles. The number of fused-ring (bicyclic) bond motifs is 1. The Morgan fingerprint density at radius 2 is 1.84 bits per heavy atom. The fourth-order valence-electron chi connectivity index (χ4n) is 2.73. The summed E-state index contributed by atoms with van der Waals surface area (Å²) in [4.78, 5) is 0. The van der Waals surface area contributed by atoms with E-state index in [-0.39, 0.29) is 6.61 Å². The minimum Gasteiger partial charge on any atom is -0.480 e. The van der Waals surface area contributed by atoms with E-state index in [4.69, 9.17) is 11.2 Å². The Hall–Kier alpha value is -3.49. The molecule has 0 saturated carbocycles. The largest absolute Gasteiger partial charge is 0.480 e. The first-order chi connectivity index (χ1) is 12.2. The third-order valence-electron chi connectivity index (χ3n) is 4.01. The van der Waals surface area contributed by atoms with Crippen molar-refractivity contribution in [3.8, 4) is 24.2 Å². The third-order valence-corrected chi connectivity index (χ3v) is 4.01. The highest BCUT2D eigenvalue weighted by atomic mass is 16.5. The highest BCUT2D eigenvalue weighted by Gasteiger charge is 2.09. The van der Waals surface area contributed by atoms with Gasteiger partial charge in [-0.15, -0.1) is 6.42 Å². The number of hydrogen-bond donors (Lipinski definition) is 0. The summed E-state index contributed by atoms with van der Waals surface area (Å²) >= 11 is 0. The lowest BCUT2D eigenvalue weighted by molar-refractivity contribution is 0.370. The number of allylic oxidation sites excluding steroid dienone is 1. The van der Waals surface area contributed by atoms with Crippen LogP contribution in [-0.2, 0) is 0 Å². The van der Waals surface area contributed by atoms with Gasteiger partial charge >= 0.3 is 0 Å². The van der Waals surface area contributed by atoms with Gasteiger partial charge in [-0.1, -0.05) is 66.1 Å². The molecule has 120 valence electrons. The number of rotatable bonds is 4. The molecule has 0 N–H and O–H groups in total. The molecule has 0 fully saturated rings. The Bertz CT molecular complexity index is 1010. The molecule has 0 atom stereocenters. The van der Waals surface area contributed by atoms with Crippen LogP contribution in [-0.4, -0.2) is 6.61 Å². The molecule has 0 aliphatic rings. The molecular formula is C23H17NO. The SMILES string of the molecule is C#CCOc1ccc2ccccc2c1/C=C(\C#N)c1ccc(C)cc1. The van der Waals surface area contributed by atoms with Gasteiger partial charge in [-0.25, -0.2) is 0 Å². The standard InChI is InChI=1S/C23H17NO/c1-3-14-25-23-13-12-19-6-4-5-7-21(19)22(23)15-20(16-24)18-10-8-17(2)9-11-18/h1,4-13,15H,14H2,2H3/b20-15+. The van der Waals surface area contributed by atoms with Gasteiger partial charge in [-0.2, -0.15) is 5.26 Å². The second kappa shape index (κ2) is 7.39. The highest BCUT2D eigenvalue weighted by molar-refractivity contribution is 6.00. The van der Waals surface area contributed by atoms with Gasteiger partial charge in [-0.3, -0.25) is 0 Å². The van der Waals surface area contributed by atoms with Crippen LogP contribution in [0.2, 0.25) is 0 Å². The van der Waals surface area contributed by atoms with Crippen molar-refractivity contribution in [1.82, 2.24) is 0 Å². The fourth-order valence-corrected chi connectivity index (χ4v) is 2.73. The molecule has 3 aromatic carbocycles. The zero-order valence-corrected chi connectivity index (χ0v) is 14.0. The van der Waals surface area contributed by atoms with Crippen LogP contribution in [0, 0.1) is 30.6 Å². The van der Waals surface area contributed by atoms with Crippen LogP contribution >= 0.6 is 0 Å². The number of nitriles is 1. The average molecular weight is 323 g/mol. The average Bonchev–Trinajstić information content (AvgIpc) is 2.65. The van der Waals surface area contributed by atoms with Crippen LogP contribution < -0.4 is 4.74 Å². The Morgan fingerprint density at radius 1 is 1.08 bits per heavy atom. The second-order valence-corrected chi connectivity index (χ2v) is 5.73. The smallest absolute Gasteiger partial charge is 0.148 e. The molecule has 0 spiro atoms. The normalized spacial score (nSPS) is 10.9. The number of ether oxygens (including phenoxy) is 1. The van der Waals surface area contributed by atoms with Crippen molar-refractivity contribution in [3.63, 3.8) is 0 Å². The zero-order chi connectivity index (χ0) is 17.6. The van der Waals surface area contributed by atoms with E-state index in [0.29, 0.717) is 11.3 Å². The van der Waals surface area contributed by atoms with Crippen molar-refractivity contribution in [2.45, 2.75) is 6.92 Å². The molecule has 0 aromatic heterocycles. The summed E-state index contributed by atoms with van der Waals surface area (Å²) in [5, 5.41) is 11.8. The van der Waals surface area contributed by atoms with Crippen molar-refractivity contribution >= 4 is 22.4 Å². The van der Waals surface area contributed by atoms with E-state index in [0.717, 1.165) is 27.5 Å². The van der Waals surface area contributed by atoms with Crippen molar-refractivity contribution in [3.05, 3.63) is 77.4 Å². The monoisotopic (exact) mass is 323 g/mol. The molecule has 0 aliphatic carbocycles. The van der Waals surface area contributed by atoms with Gasteiger partial charge in [0.15, 0.2) is 0 Å². The van der Waals surface area contributed by atoms with Crippen LogP contribution in [0.1, 0.15) is 16.7 Å². The third kappa shape index (κ3) is 3.55. The first-order valence-electron chi connectivity index (χ1n) is 8.00. The Morgan fingerprint density at radius 3 is 2.56 bits per heavy atom. The van der Waals surface area contributed by atoms with Gasteiger partial charge in [-0.05, 0) is 35.4 Å². The Kier molecular flexibility index (Phi) is 4.84. The van der Waals surface area contributed by atoms with E-state index in [1.807, 2.05) is 73.7 Å². The maximum atomic E-state index is 9.66. The van der Waals surface area contributed by atoms with Crippen molar-refractivity contribution in [2.75, 3.05) is 6.61 Å². The molecule has 2 nitrogen and oxygen atoms in total. The van der Waals surface area contributed by atoms with Gasteiger partial charge < -0.3 is 4.74 Å². The molecule has 0 saturated heterocycles. The lowest BCUT2D eigenvalue weighted by Crippen LogP contribution is -1.96. The summed E-state index contributed by atoms with van der Waals surface area (Å²) in [5.74, 6) is 3.17. The highest BCUT2D eigenvalue weighted by Crippen LogP contribution is 2.32. The van der Waals surface area contributed by atoms with Crippen molar-refractivity contribution in [2.24, 2.45) is 0 Å². The molecule has 0 amide bonds. The lowest BCUT2D eigenvalue weighted by atomic mass is 9.98. The van der Waals surface area contributed by atoms with Gasteiger partial charge in [0.2, 0.25) is 0 Å². The molecule has 3 aromatic rings. The quantitative estimate of drug-likeness (QED) is 0.374. The summed E-state index contributed by atoms with van der Waals surface area (Å²) in [6.07, 6.45) is 7.20. The first kappa shape index (κ1) is 16.4. The maximum absolute atomic E-state index is 9.66. The van der Waals surface area contributed by atoms with Gasteiger partial charge in [0.05, 0.1) is 11.6 Å². The molecule has 0 unspecified atom stereocenters. The van der Waals surface area contributed by atoms with E-state index in [2.05, 4.69) is 12.0 Å². The molecule has 0 bridgehead atoms. The zero-order valence-electron chi connectivity index (χ0n) is 14.0. The van der Waals surface area contributed by atoms with Crippen molar-refractivity contribution in [1.29, 1.82) is 5.26 Å². The summed E-state index contributed by atoms with van der Waals surface area (Å²) < 4.78 is 5.70. The minimum atomic E-state index is 0.186. The van der Waals surface area contributed by atoms with E-state index in [1.54, 1.807) is 0 Å². The number of hydrogen-bond acceptors (Lipinski definition) is 2. The van der Waals surface area contributed by atoms with Crippen LogP contribution in [0.4, 0.5) is 0 Å². The summed E-state index contributed by atoms with van der Waals surface area (Å²) in [6.45, 7) is 2.21. The summed E-state index contributed by atoms with van der Waals surface area (Å²) in [7, 11) is 0.